The van der Waals surface area contributed by atoms with Crippen molar-refractivity contribution >= 4 is 22.4 Å². The Hall–Kier alpha value is -0.400. The Bertz CT molecular complexity index is 356. The topological polar surface area (TPSA) is 50.9 Å². The fraction of sp³-hybridized carbons (Fsp3) is 0.636. The minimum absolute atomic E-state index is 0. The molecule has 19 heavy (non-hydrogen) atoms. The van der Waals surface area contributed by atoms with Gasteiger partial charge in [-0.1, -0.05) is 0 Å². The molecule has 1 aliphatic heterocycles. The van der Waals surface area contributed by atoms with Crippen LogP contribution in [0.15, 0.2) is 11.6 Å². The average molecular weight is 327 g/mol. The van der Waals surface area contributed by atoms with Gasteiger partial charge in [0.25, 0.3) is 0 Å². The highest BCUT2D eigenvalue weighted by molar-refractivity contribution is 7.13. The van der Waals surface area contributed by atoms with Crippen LogP contribution in [0, 0.1) is 0 Å². The molecule has 0 atom stereocenters. The molecule has 0 saturated carbocycles. The van der Waals surface area contributed by atoms with E-state index in [9.17, 15) is 4.79 Å². The average Bonchev–Trinajstić information content (AvgIpc) is 2.81. The first-order chi connectivity index (χ1) is 8.24. The maximum atomic E-state index is 11.7. The number of carbonyl (C=O) groups excluding carboxylic acids is 1. The molecule has 0 spiro atoms. The summed E-state index contributed by atoms with van der Waals surface area (Å²) in [6.45, 7) is 5.71. The van der Waals surface area contributed by atoms with E-state index in [-0.39, 0.29) is 30.7 Å². The molecule has 3 N–H and O–H groups in total. The zero-order valence-electron chi connectivity index (χ0n) is 10.9. The third-order valence-corrected chi connectivity index (χ3v) is 3.88. The Morgan fingerprint density at radius 1 is 1.37 bits per heavy atom. The lowest BCUT2D eigenvalue weighted by Crippen LogP contribution is -3.27. The summed E-state index contributed by atoms with van der Waals surface area (Å²) >= 11 is 1.46. The van der Waals surface area contributed by atoms with Gasteiger partial charge in [-0.25, -0.2) is 4.98 Å². The van der Waals surface area contributed by atoms with E-state index in [0.717, 1.165) is 6.54 Å². The standard InChI is InChI=1S/C11H18N4OS.2ClH/c1-14-5-7-15(8-6-14)4-2-10(16)13-11-12-3-9-17-11;;/h3,9H,2,4-8H2,1H3,(H,12,13,16);2*1H. The van der Waals surface area contributed by atoms with Gasteiger partial charge in [-0.3, -0.25) is 4.79 Å². The van der Waals surface area contributed by atoms with E-state index in [2.05, 4.69) is 17.3 Å². The number of quaternary nitrogens is 2. The van der Waals surface area contributed by atoms with Gasteiger partial charge in [0.05, 0.1) is 20.0 Å². The van der Waals surface area contributed by atoms with Crippen LogP contribution in [-0.4, -0.2) is 50.7 Å². The molecule has 0 radical (unpaired) electrons. The highest BCUT2D eigenvalue weighted by Crippen LogP contribution is 2.09. The molecule has 1 amide bonds. The molecule has 0 aliphatic carbocycles. The van der Waals surface area contributed by atoms with E-state index >= 15 is 0 Å². The molecule has 1 saturated heterocycles. The Morgan fingerprint density at radius 3 is 2.63 bits per heavy atom. The SMILES string of the molecule is C[NH+]1CC[NH+](CCC(=O)Nc2nccs2)CC1.[Cl-].[Cl-]. The summed E-state index contributed by atoms with van der Waals surface area (Å²) in [5, 5.41) is 5.39. The fourth-order valence-electron chi connectivity index (χ4n) is 2.04. The molecular weight excluding hydrogens is 307 g/mol. The predicted octanol–water partition coefficient (Wildman–Crippen LogP) is -8.11. The van der Waals surface area contributed by atoms with Crippen molar-refractivity contribution in [1.29, 1.82) is 0 Å². The van der Waals surface area contributed by atoms with Gasteiger partial charge in [-0.05, 0) is 0 Å². The highest BCUT2D eigenvalue weighted by atomic mass is 35.5. The summed E-state index contributed by atoms with van der Waals surface area (Å²) in [4.78, 5) is 18.8. The molecule has 1 aromatic heterocycles. The Balaban J connectivity index is 0.00000162. The zero-order valence-corrected chi connectivity index (χ0v) is 13.2. The molecule has 1 aromatic rings. The smallest absolute Gasteiger partial charge is 0.231 e. The number of aromatic nitrogens is 1. The van der Waals surface area contributed by atoms with Crippen LogP contribution in [0.1, 0.15) is 6.42 Å². The fourth-order valence-corrected chi connectivity index (χ4v) is 2.58. The Morgan fingerprint density at radius 2 is 2.05 bits per heavy atom. The van der Waals surface area contributed by atoms with Crippen molar-refractivity contribution in [2.75, 3.05) is 45.1 Å². The predicted molar refractivity (Wildman–Crippen MR) is 67.5 cm³/mol. The van der Waals surface area contributed by atoms with Gasteiger partial charge in [0.1, 0.15) is 26.2 Å². The first kappa shape index (κ1) is 18.6. The van der Waals surface area contributed by atoms with E-state index in [0.29, 0.717) is 11.6 Å². The number of carbonyl (C=O) groups is 1. The summed E-state index contributed by atoms with van der Waals surface area (Å²) in [6, 6.07) is 0. The van der Waals surface area contributed by atoms with Gasteiger partial charge in [0.2, 0.25) is 5.91 Å². The van der Waals surface area contributed by atoms with Crippen molar-refractivity contribution in [3.8, 4) is 0 Å². The van der Waals surface area contributed by atoms with Crippen molar-refractivity contribution in [1.82, 2.24) is 4.98 Å². The number of nitrogens with zero attached hydrogens (tertiary/aromatic N) is 1. The van der Waals surface area contributed by atoms with Crippen LogP contribution in [-0.2, 0) is 4.79 Å². The summed E-state index contributed by atoms with van der Waals surface area (Å²) in [5.74, 6) is 0.0822. The summed E-state index contributed by atoms with van der Waals surface area (Å²) in [5.41, 5.74) is 0. The van der Waals surface area contributed by atoms with Gasteiger partial charge in [0, 0.05) is 11.6 Å². The maximum Gasteiger partial charge on any atom is 0.231 e. The second kappa shape index (κ2) is 9.50. The summed E-state index contributed by atoms with van der Waals surface area (Å²) < 4.78 is 0. The number of rotatable bonds is 4. The van der Waals surface area contributed by atoms with Gasteiger partial charge in [0.15, 0.2) is 5.13 Å². The minimum atomic E-state index is 0. The third kappa shape index (κ3) is 6.54. The molecule has 0 bridgehead atoms. The molecule has 110 valence electrons. The van der Waals surface area contributed by atoms with E-state index in [1.165, 1.54) is 37.5 Å². The van der Waals surface area contributed by atoms with E-state index in [4.69, 9.17) is 0 Å². The quantitative estimate of drug-likeness (QED) is 0.515. The third-order valence-electron chi connectivity index (χ3n) is 3.19. The minimum Gasteiger partial charge on any atom is -1.00 e. The largest absolute Gasteiger partial charge is 1.00 e. The lowest BCUT2D eigenvalue weighted by atomic mass is 10.3. The molecule has 2 heterocycles. The van der Waals surface area contributed by atoms with Crippen LogP contribution in [0.25, 0.3) is 0 Å². The molecular formula is C11H20Cl2N4OS. The molecule has 0 aromatic carbocycles. The van der Waals surface area contributed by atoms with Crippen molar-refractivity contribution in [3.63, 3.8) is 0 Å². The number of thiazole rings is 1. The number of nitrogens with one attached hydrogen (secondary N) is 3. The Labute approximate surface area is 130 Å². The van der Waals surface area contributed by atoms with Crippen molar-refractivity contribution in [3.05, 3.63) is 11.6 Å². The van der Waals surface area contributed by atoms with Gasteiger partial charge < -0.3 is 39.9 Å². The lowest BCUT2D eigenvalue weighted by molar-refractivity contribution is -1.00. The van der Waals surface area contributed by atoms with Gasteiger partial charge >= 0.3 is 0 Å². The van der Waals surface area contributed by atoms with E-state index in [1.807, 2.05) is 5.38 Å². The van der Waals surface area contributed by atoms with Crippen LogP contribution >= 0.6 is 11.3 Å². The molecule has 0 unspecified atom stereocenters. The number of anilines is 1. The van der Waals surface area contributed by atoms with Crippen LogP contribution in [0.4, 0.5) is 5.13 Å². The maximum absolute atomic E-state index is 11.7. The number of amides is 1. The number of halogens is 2. The van der Waals surface area contributed by atoms with Crippen LogP contribution in [0.3, 0.4) is 0 Å². The van der Waals surface area contributed by atoms with Crippen LogP contribution in [0.5, 0.6) is 0 Å². The van der Waals surface area contributed by atoms with Crippen molar-refractivity contribution in [2.45, 2.75) is 6.42 Å². The zero-order chi connectivity index (χ0) is 12.1. The van der Waals surface area contributed by atoms with Gasteiger partial charge in [-0.15, -0.1) is 11.3 Å². The second-order valence-electron chi connectivity index (χ2n) is 4.59. The molecule has 1 aliphatic rings. The van der Waals surface area contributed by atoms with Gasteiger partial charge in [-0.2, -0.15) is 0 Å². The number of hydrogen-bond donors (Lipinski definition) is 3. The monoisotopic (exact) mass is 326 g/mol. The molecule has 1 fully saturated rings. The van der Waals surface area contributed by atoms with E-state index < -0.39 is 0 Å². The molecule has 8 heteroatoms. The molecule has 5 nitrogen and oxygen atoms in total. The number of likely N-dealkylation sites (N-methyl/N-ethyl adjacent to an activating group) is 1. The normalized spacial score (nSPS) is 21.9. The van der Waals surface area contributed by atoms with Crippen molar-refractivity contribution in [2.24, 2.45) is 0 Å². The first-order valence-electron chi connectivity index (χ1n) is 6.08. The van der Waals surface area contributed by atoms with Crippen LogP contribution < -0.4 is 39.9 Å². The summed E-state index contributed by atoms with van der Waals surface area (Å²) in [7, 11) is 2.23. The summed E-state index contributed by atoms with van der Waals surface area (Å²) in [6.07, 6.45) is 2.29. The Kier molecular flexibility index (Phi) is 9.30. The first-order valence-corrected chi connectivity index (χ1v) is 6.96. The molecule has 2 rings (SSSR count). The lowest BCUT2D eigenvalue weighted by Gasteiger charge is -2.26. The number of piperazine rings is 1. The van der Waals surface area contributed by atoms with E-state index in [1.54, 1.807) is 16.0 Å². The number of hydrogen-bond acceptors (Lipinski definition) is 3. The second-order valence-corrected chi connectivity index (χ2v) is 5.49. The van der Waals surface area contributed by atoms with Crippen LogP contribution in [0.2, 0.25) is 0 Å². The van der Waals surface area contributed by atoms with Crippen molar-refractivity contribution < 1.29 is 39.4 Å². The highest BCUT2D eigenvalue weighted by Gasteiger charge is 2.20.